The minimum Gasteiger partial charge on any atom is -0.311 e. The molecule has 0 aliphatic heterocycles. The molecule has 2 fully saturated rings. The minimum absolute atomic E-state index is 0.0617. The molecule has 310 valence electrons. The fourth-order valence-electron chi connectivity index (χ4n) is 12.8. The van der Waals surface area contributed by atoms with Gasteiger partial charge in [0.2, 0.25) is 0 Å². The van der Waals surface area contributed by atoms with E-state index in [1.54, 1.807) is 11.1 Å². The van der Waals surface area contributed by atoms with Crippen LogP contribution in [0.4, 0.5) is 17.1 Å². The number of nitrogens with zero attached hydrogens (tertiary/aromatic N) is 1. The van der Waals surface area contributed by atoms with Crippen LogP contribution in [0.1, 0.15) is 50.7 Å². The fraction of sp³-hybridized carbons (Fsp3) is 0.175. The van der Waals surface area contributed by atoms with E-state index in [0.29, 0.717) is 11.8 Å². The Morgan fingerprint density at radius 1 is 0.375 bits per heavy atom. The van der Waals surface area contributed by atoms with Gasteiger partial charge in [-0.15, -0.1) is 0 Å². The molecule has 0 saturated heterocycles. The van der Waals surface area contributed by atoms with Gasteiger partial charge in [0.15, 0.2) is 0 Å². The van der Waals surface area contributed by atoms with Gasteiger partial charge in [0.05, 0.1) is 0 Å². The van der Waals surface area contributed by atoms with E-state index >= 15 is 0 Å². The predicted molar refractivity (Wildman–Crippen MR) is 270 cm³/mol. The molecule has 1 nitrogen and oxygen atoms in total. The van der Waals surface area contributed by atoms with E-state index in [4.69, 9.17) is 0 Å². The molecule has 5 atom stereocenters. The molecular weight excluding hydrogens is 771 g/mol. The Bertz CT molecular complexity index is 3120. The van der Waals surface area contributed by atoms with E-state index < -0.39 is 0 Å². The van der Waals surface area contributed by atoms with Crippen molar-refractivity contribution in [2.75, 3.05) is 4.90 Å². The van der Waals surface area contributed by atoms with Crippen molar-refractivity contribution in [1.82, 2.24) is 0 Å². The third-order valence-corrected chi connectivity index (χ3v) is 15.4. The quantitative estimate of drug-likeness (QED) is 0.155. The SMILES string of the molecule is CC1CC2CC(C)C3(c4ccccc4-c4cccc(-c5ccc(-c6ccc(N(c7ccc(-c8ccccc8)cc7)c7ccc(-c8cccc9ccccc89)cc7)cc6)cc5)c43)C(C1)C2. The van der Waals surface area contributed by atoms with Crippen molar-refractivity contribution in [3.63, 3.8) is 0 Å². The molecule has 0 heterocycles. The normalized spacial score (nSPS) is 20.8. The van der Waals surface area contributed by atoms with Crippen LogP contribution in [0.3, 0.4) is 0 Å². The summed E-state index contributed by atoms with van der Waals surface area (Å²) in [6, 6.07) is 79.0. The lowest BCUT2D eigenvalue weighted by molar-refractivity contribution is 0.0429. The van der Waals surface area contributed by atoms with Gasteiger partial charge in [-0.2, -0.15) is 0 Å². The number of fused-ring (bicyclic) bond motifs is 9. The van der Waals surface area contributed by atoms with Crippen LogP contribution in [0.5, 0.6) is 0 Å². The summed E-state index contributed by atoms with van der Waals surface area (Å²) in [5.74, 6) is 2.93. The van der Waals surface area contributed by atoms with Gasteiger partial charge in [-0.1, -0.05) is 190 Å². The molecule has 0 amide bonds. The van der Waals surface area contributed by atoms with Crippen molar-refractivity contribution in [1.29, 1.82) is 0 Å². The molecule has 2 saturated carbocycles. The van der Waals surface area contributed by atoms with E-state index in [-0.39, 0.29) is 5.41 Å². The molecule has 3 aliphatic carbocycles. The first-order valence-corrected chi connectivity index (χ1v) is 23.5. The second kappa shape index (κ2) is 15.7. The average Bonchev–Trinajstić information content (AvgIpc) is 3.66. The lowest BCUT2D eigenvalue weighted by atomic mass is 9.49. The van der Waals surface area contributed by atoms with E-state index in [0.717, 1.165) is 28.9 Å². The van der Waals surface area contributed by atoms with Crippen molar-refractivity contribution >= 4 is 27.8 Å². The number of rotatable bonds is 7. The first kappa shape index (κ1) is 38.7. The highest BCUT2D eigenvalue weighted by atomic mass is 15.1. The molecular formula is C63H53N. The zero-order valence-electron chi connectivity index (χ0n) is 36.8. The highest BCUT2D eigenvalue weighted by molar-refractivity contribution is 5.97. The average molecular weight is 824 g/mol. The van der Waals surface area contributed by atoms with Crippen LogP contribution in [0.25, 0.3) is 66.4 Å². The Kier molecular flexibility index (Phi) is 9.48. The summed E-state index contributed by atoms with van der Waals surface area (Å²) in [5, 5.41) is 2.53. The second-order valence-corrected chi connectivity index (χ2v) is 19.1. The molecule has 0 aromatic heterocycles. The zero-order valence-corrected chi connectivity index (χ0v) is 36.8. The number of hydrogen-bond acceptors (Lipinski definition) is 1. The summed E-state index contributed by atoms with van der Waals surface area (Å²) < 4.78 is 0. The predicted octanol–water partition coefficient (Wildman–Crippen LogP) is 17.3. The van der Waals surface area contributed by atoms with Gasteiger partial charge >= 0.3 is 0 Å². The molecule has 1 spiro atoms. The first-order valence-electron chi connectivity index (χ1n) is 23.5. The number of anilines is 3. The Morgan fingerprint density at radius 2 is 0.859 bits per heavy atom. The maximum atomic E-state index is 2.58. The lowest BCUT2D eigenvalue weighted by Gasteiger charge is -2.54. The molecule has 9 aromatic rings. The van der Waals surface area contributed by atoms with Crippen LogP contribution in [-0.4, -0.2) is 0 Å². The number of hydrogen-bond donors (Lipinski definition) is 0. The van der Waals surface area contributed by atoms with Crippen LogP contribution in [0.2, 0.25) is 0 Å². The summed E-state index contributed by atoms with van der Waals surface area (Å²) in [4.78, 5) is 2.37. The summed E-state index contributed by atoms with van der Waals surface area (Å²) in [7, 11) is 0. The molecule has 0 N–H and O–H groups in total. The largest absolute Gasteiger partial charge is 0.311 e. The van der Waals surface area contributed by atoms with Gasteiger partial charge in [0, 0.05) is 22.5 Å². The number of benzene rings is 9. The van der Waals surface area contributed by atoms with Crippen molar-refractivity contribution in [3.8, 4) is 55.6 Å². The van der Waals surface area contributed by atoms with E-state index in [1.807, 2.05) is 0 Å². The Balaban J connectivity index is 0.886. The topological polar surface area (TPSA) is 3.24 Å². The van der Waals surface area contributed by atoms with Crippen molar-refractivity contribution < 1.29 is 0 Å². The standard InChI is InChI=1S/C63H53N/c1-42-38-44-40-43(2)63(52(39-42)41-44)61-21-9-8-17-59(61)60-20-11-19-58(62(60)63)51-24-22-46(23-25-51)48-28-34-54(35-29-48)64(53-32-26-47(27-33-53)45-12-4-3-5-13-45)55-36-30-50(31-37-55)57-18-10-15-49-14-6-7-16-56(49)57/h3-37,42-44,52H,38-41H2,1-2H3. The molecule has 9 aromatic carbocycles. The Labute approximate surface area is 378 Å². The lowest BCUT2D eigenvalue weighted by Crippen LogP contribution is -2.49. The van der Waals surface area contributed by atoms with Gasteiger partial charge in [0.1, 0.15) is 0 Å². The second-order valence-electron chi connectivity index (χ2n) is 19.1. The molecule has 2 bridgehead atoms. The molecule has 64 heavy (non-hydrogen) atoms. The molecule has 3 aliphatic rings. The van der Waals surface area contributed by atoms with Gasteiger partial charge in [-0.25, -0.2) is 0 Å². The van der Waals surface area contributed by atoms with Gasteiger partial charge in [-0.05, 0) is 163 Å². The van der Waals surface area contributed by atoms with Gasteiger partial charge in [0.25, 0.3) is 0 Å². The van der Waals surface area contributed by atoms with Crippen LogP contribution < -0.4 is 4.90 Å². The van der Waals surface area contributed by atoms with E-state index in [9.17, 15) is 0 Å². The zero-order chi connectivity index (χ0) is 42.8. The Hall–Kier alpha value is -6.96. The molecule has 0 radical (unpaired) electrons. The van der Waals surface area contributed by atoms with Crippen LogP contribution in [0, 0.1) is 23.7 Å². The monoisotopic (exact) mass is 823 g/mol. The molecule has 1 heteroatoms. The third kappa shape index (κ3) is 6.35. The van der Waals surface area contributed by atoms with Gasteiger partial charge in [-0.3, -0.25) is 0 Å². The molecule has 12 rings (SSSR count). The summed E-state index contributed by atoms with van der Waals surface area (Å²) in [5.41, 5.74) is 19.6. The summed E-state index contributed by atoms with van der Waals surface area (Å²) >= 11 is 0. The molecule has 5 unspecified atom stereocenters. The van der Waals surface area contributed by atoms with Crippen LogP contribution in [0.15, 0.2) is 212 Å². The summed E-state index contributed by atoms with van der Waals surface area (Å²) in [6.45, 7) is 5.08. The minimum atomic E-state index is 0.0617. The van der Waals surface area contributed by atoms with Crippen molar-refractivity contribution in [2.45, 2.75) is 44.9 Å². The maximum absolute atomic E-state index is 2.58. The first-order chi connectivity index (χ1) is 31.5. The fourth-order valence-corrected chi connectivity index (χ4v) is 12.8. The van der Waals surface area contributed by atoms with Crippen LogP contribution in [-0.2, 0) is 5.41 Å². The van der Waals surface area contributed by atoms with Crippen molar-refractivity contribution in [3.05, 3.63) is 223 Å². The smallest absolute Gasteiger partial charge is 0.0462 e. The van der Waals surface area contributed by atoms with E-state index in [2.05, 4.69) is 231 Å². The Morgan fingerprint density at radius 3 is 1.56 bits per heavy atom. The van der Waals surface area contributed by atoms with Gasteiger partial charge < -0.3 is 4.90 Å². The third-order valence-electron chi connectivity index (χ3n) is 15.4. The highest BCUT2D eigenvalue weighted by Gasteiger charge is 2.57. The van der Waals surface area contributed by atoms with E-state index in [1.165, 1.54) is 92.1 Å². The van der Waals surface area contributed by atoms with Crippen LogP contribution >= 0.6 is 0 Å². The summed E-state index contributed by atoms with van der Waals surface area (Å²) in [6.07, 6.45) is 5.41. The maximum Gasteiger partial charge on any atom is 0.0462 e. The highest BCUT2D eigenvalue weighted by Crippen LogP contribution is 2.66. The van der Waals surface area contributed by atoms with Crippen molar-refractivity contribution in [2.24, 2.45) is 23.7 Å².